The zero-order chi connectivity index (χ0) is 13.9. The first kappa shape index (κ1) is 15.3. The first-order chi connectivity index (χ1) is 9.22. The highest BCUT2D eigenvalue weighted by Crippen LogP contribution is 2.12. The highest BCUT2D eigenvalue weighted by molar-refractivity contribution is 5.64. The molecule has 106 valence electrons. The number of carbonyl (C=O) groups is 1. The van der Waals surface area contributed by atoms with Gasteiger partial charge in [-0.25, -0.2) is 4.79 Å². The largest absolute Gasteiger partial charge is 0.494 e. The van der Waals surface area contributed by atoms with Crippen molar-refractivity contribution in [3.63, 3.8) is 0 Å². The van der Waals surface area contributed by atoms with E-state index in [0.717, 1.165) is 37.3 Å². The van der Waals surface area contributed by atoms with Gasteiger partial charge in [-0.15, -0.1) is 0 Å². The van der Waals surface area contributed by atoms with Gasteiger partial charge in [0.25, 0.3) is 0 Å². The summed E-state index contributed by atoms with van der Waals surface area (Å²) in [6.45, 7) is 4.49. The molecule has 1 aromatic rings. The average molecular weight is 266 g/mol. The third kappa shape index (κ3) is 7.31. The van der Waals surface area contributed by atoms with E-state index in [1.165, 1.54) is 0 Å². The Morgan fingerprint density at radius 1 is 1.26 bits per heavy atom. The monoisotopic (exact) mass is 266 g/mol. The van der Waals surface area contributed by atoms with Crippen molar-refractivity contribution >= 4 is 6.09 Å². The number of unbranched alkanes of at least 4 members (excludes halogenated alkanes) is 1. The van der Waals surface area contributed by atoms with Crippen LogP contribution in [0, 0.1) is 0 Å². The minimum Gasteiger partial charge on any atom is -0.494 e. The van der Waals surface area contributed by atoms with Crippen LogP contribution in [0.3, 0.4) is 0 Å². The Labute approximate surface area is 114 Å². The molecule has 0 spiro atoms. The van der Waals surface area contributed by atoms with Crippen LogP contribution in [0.5, 0.6) is 5.75 Å². The molecule has 0 atom stereocenters. The molecule has 0 aliphatic carbocycles. The first-order valence-corrected chi connectivity index (χ1v) is 6.57. The second kappa shape index (κ2) is 9.22. The topological polar surface area (TPSA) is 73.6 Å². The zero-order valence-corrected chi connectivity index (χ0v) is 11.4. The third-order valence-corrected chi connectivity index (χ3v) is 2.54. The van der Waals surface area contributed by atoms with Gasteiger partial charge in [0.05, 0.1) is 6.61 Å². The summed E-state index contributed by atoms with van der Waals surface area (Å²) in [6.07, 6.45) is 1.47. The van der Waals surface area contributed by atoms with E-state index >= 15 is 0 Å². The van der Waals surface area contributed by atoms with Gasteiger partial charge in [-0.1, -0.05) is 25.5 Å². The van der Waals surface area contributed by atoms with Crippen LogP contribution in [0.4, 0.5) is 4.79 Å². The van der Waals surface area contributed by atoms with Gasteiger partial charge in [0.1, 0.15) is 12.4 Å². The van der Waals surface area contributed by atoms with Crippen molar-refractivity contribution in [3.05, 3.63) is 29.8 Å². The van der Waals surface area contributed by atoms with Crippen molar-refractivity contribution < 1.29 is 14.3 Å². The molecule has 0 fully saturated rings. The van der Waals surface area contributed by atoms with Crippen molar-refractivity contribution in [2.45, 2.75) is 26.3 Å². The van der Waals surface area contributed by atoms with Crippen LogP contribution in [0.1, 0.15) is 25.3 Å². The Bertz CT molecular complexity index is 365. The van der Waals surface area contributed by atoms with E-state index in [1.807, 2.05) is 24.3 Å². The number of rotatable bonds is 9. The van der Waals surface area contributed by atoms with Gasteiger partial charge in [0, 0.05) is 13.1 Å². The molecule has 5 heteroatoms. The molecule has 0 saturated heterocycles. The molecule has 3 N–H and O–H groups in total. The van der Waals surface area contributed by atoms with Crippen molar-refractivity contribution in [1.29, 1.82) is 0 Å². The van der Waals surface area contributed by atoms with Crippen molar-refractivity contribution in [2.24, 2.45) is 5.73 Å². The number of carbonyl (C=O) groups excluding carboxylic acids is 1. The van der Waals surface area contributed by atoms with E-state index in [2.05, 4.69) is 17.0 Å². The lowest BCUT2D eigenvalue weighted by Crippen LogP contribution is -2.23. The van der Waals surface area contributed by atoms with Crippen LogP contribution < -0.4 is 15.8 Å². The van der Waals surface area contributed by atoms with Crippen LogP contribution in [0.15, 0.2) is 24.3 Å². The molecule has 0 unspecified atom stereocenters. The Morgan fingerprint density at radius 2 is 2.00 bits per heavy atom. The zero-order valence-electron chi connectivity index (χ0n) is 11.4. The molecular formula is C14H22N2O3. The van der Waals surface area contributed by atoms with Crippen molar-refractivity contribution in [1.82, 2.24) is 5.32 Å². The van der Waals surface area contributed by atoms with Gasteiger partial charge in [0.15, 0.2) is 0 Å². The summed E-state index contributed by atoms with van der Waals surface area (Å²) in [5.74, 6) is 0.897. The number of hydrogen-bond donors (Lipinski definition) is 2. The Hall–Kier alpha value is -1.75. The number of hydrogen-bond acceptors (Lipinski definition) is 4. The molecule has 0 radical (unpaired) electrons. The lowest BCUT2D eigenvalue weighted by molar-refractivity contribution is 0.157. The van der Waals surface area contributed by atoms with Crippen LogP contribution in [0.25, 0.3) is 0 Å². The summed E-state index contributed by atoms with van der Waals surface area (Å²) >= 11 is 0. The lowest BCUT2D eigenvalue weighted by Gasteiger charge is -2.07. The second-order valence-corrected chi connectivity index (χ2v) is 4.19. The minimum absolute atomic E-state index is 0.285. The summed E-state index contributed by atoms with van der Waals surface area (Å²) in [6, 6.07) is 7.96. The first-order valence-electron chi connectivity index (χ1n) is 6.57. The fourth-order valence-electron chi connectivity index (χ4n) is 1.49. The Kier molecular flexibility index (Phi) is 7.43. The second-order valence-electron chi connectivity index (χ2n) is 4.19. The Balaban J connectivity index is 2.18. The molecule has 0 bridgehead atoms. The number of primary amides is 1. The summed E-state index contributed by atoms with van der Waals surface area (Å²) in [5, 5.41) is 3.16. The van der Waals surface area contributed by atoms with E-state index in [4.69, 9.17) is 10.5 Å². The quantitative estimate of drug-likeness (QED) is 0.671. The molecule has 0 saturated carbocycles. The maximum Gasteiger partial charge on any atom is 0.404 e. The van der Waals surface area contributed by atoms with E-state index in [-0.39, 0.29) is 6.61 Å². The van der Waals surface area contributed by atoms with Crippen LogP contribution in [-0.4, -0.2) is 25.9 Å². The normalized spacial score (nSPS) is 10.2. The maximum absolute atomic E-state index is 10.3. The average Bonchev–Trinajstić information content (AvgIpc) is 2.40. The van der Waals surface area contributed by atoms with Crippen molar-refractivity contribution in [3.8, 4) is 5.75 Å². The summed E-state index contributed by atoms with van der Waals surface area (Å²) in [5.41, 5.74) is 6.00. The fraction of sp³-hybridized carbons (Fsp3) is 0.500. The predicted octanol–water partition coefficient (Wildman–Crippen LogP) is 2.05. The number of amides is 1. The van der Waals surface area contributed by atoms with Gasteiger partial charge < -0.3 is 20.5 Å². The SMILES string of the molecule is CCCCOc1ccc(CNCCOC(N)=O)cc1. The van der Waals surface area contributed by atoms with Crippen molar-refractivity contribution in [2.75, 3.05) is 19.8 Å². The number of nitrogens with one attached hydrogen (secondary N) is 1. The molecule has 0 heterocycles. The van der Waals surface area contributed by atoms with Gasteiger partial charge in [-0.2, -0.15) is 0 Å². The molecule has 19 heavy (non-hydrogen) atoms. The lowest BCUT2D eigenvalue weighted by atomic mass is 10.2. The molecule has 5 nitrogen and oxygen atoms in total. The molecule has 0 aliphatic rings. The predicted molar refractivity (Wildman–Crippen MR) is 74.1 cm³/mol. The van der Waals surface area contributed by atoms with E-state index in [9.17, 15) is 4.79 Å². The summed E-state index contributed by atoms with van der Waals surface area (Å²) in [7, 11) is 0. The molecular weight excluding hydrogens is 244 g/mol. The van der Waals surface area contributed by atoms with E-state index in [0.29, 0.717) is 6.54 Å². The van der Waals surface area contributed by atoms with Gasteiger partial charge >= 0.3 is 6.09 Å². The summed E-state index contributed by atoms with van der Waals surface area (Å²) in [4.78, 5) is 10.3. The van der Waals surface area contributed by atoms with Crippen LogP contribution in [-0.2, 0) is 11.3 Å². The van der Waals surface area contributed by atoms with Gasteiger partial charge in [-0.3, -0.25) is 0 Å². The minimum atomic E-state index is -0.740. The highest BCUT2D eigenvalue weighted by atomic mass is 16.5. The molecule has 1 amide bonds. The maximum atomic E-state index is 10.3. The highest BCUT2D eigenvalue weighted by Gasteiger charge is 1.97. The number of ether oxygens (including phenoxy) is 2. The van der Waals surface area contributed by atoms with E-state index in [1.54, 1.807) is 0 Å². The molecule has 0 aromatic heterocycles. The summed E-state index contributed by atoms with van der Waals surface area (Å²) < 4.78 is 10.2. The van der Waals surface area contributed by atoms with E-state index < -0.39 is 6.09 Å². The van der Waals surface area contributed by atoms with Gasteiger partial charge in [0.2, 0.25) is 0 Å². The smallest absolute Gasteiger partial charge is 0.404 e. The molecule has 1 aromatic carbocycles. The molecule has 1 rings (SSSR count). The van der Waals surface area contributed by atoms with Crippen LogP contribution >= 0.6 is 0 Å². The number of benzene rings is 1. The van der Waals surface area contributed by atoms with Crippen LogP contribution in [0.2, 0.25) is 0 Å². The fourth-order valence-corrected chi connectivity index (χ4v) is 1.49. The Morgan fingerprint density at radius 3 is 2.63 bits per heavy atom. The number of nitrogens with two attached hydrogens (primary N) is 1. The van der Waals surface area contributed by atoms with Gasteiger partial charge in [-0.05, 0) is 24.1 Å². The molecule has 0 aliphatic heterocycles. The standard InChI is InChI=1S/C14H22N2O3/c1-2-3-9-18-13-6-4-12(5-7-13)11-16-8-10-19-14(15)17/h4-7,16H,2-3,8-11H2,1H3,(H2,15,17). The third-order valence-electron chi connectivity index (χ3n) is 2.54.